The topological polar surface area (TPSA) is 215 Å². The maximum Gasteiger partial charge on any atom is 0.303 e. The van der Waals surface area contributed by atoms with Crippen molar-refractivity contribution in [2.75, 3.05) is 17.6 Å². The molecule has 0 aromatic heterocycles. The summed E-state index contributed by atoms with van der Waals surface area (Å²) < 4.78 is 101. The molecule has 17 heteroatoms. The first-order valence-electron chi connectivity index (χ1n) is 16.1. The van der Waals surface area contributed by atoms with Gasteiger partial charge in [0.2, 0.25) is 5.69 Å². The van der Waals surface area contributed by atoms with Crippen molar-refractivity contribution < 1.29 is 53.4 Å². The van der Waals surface area contributed by atoms with Crippen molar-refractivity contribution in [3.8, 4) is 0 Å². The van der Waals surface area contributed by atoms with E-state index < -0.39 is 52.9 Å². The molecule has 2 aliphatic rings. The highest BCUT2D eigenvalue weighted by Gasteiger charge is 2.47. The Morgan fingerprint density at radius 2 is 1.51 bits per heavy atom. The molecule has 1 unspecified atom stereocenters. The van der Waals surface area contributed by atoms with E-state index in [9.17, 15) is 43.7 Å². The predicted octanol–water partition coefficient (Wildman–Crippen LogP) is 6.29. The number of hydrogen-bond donors (Lipinski definition) is 5. The molecule has 0 saturated carbocycles. The fraction of sp³-hybridized carbons (Fsp3) is 0.412. The lowest BCUT2D eigenvalue weighted by atomic mass is 9.75. The van der Waals surface area contributed by atoms with Crippen LogP contribution in [-0.2, 0) is 46.0 Å². The van der Waals surface area contributed by atoms with E-state index in [2.05, 4.69) is 5.32 Å². The highest BCUT2D eigenvalue weighted by Crippen LogP contribution is 2.48. The van der Waals surface area contributed by atoms with E-state index in [1.54, 1.807) is 30.4 Å². The number of unbranched alkanes of at least 4 members (excludes halogenated alkanes) is 3. The molecule has 0 aliphatic carbocycles. The summed E-state index contributed by atoms with van der Waals surface area (Å²) in [5, 5.41) is 12.4. The molecule has 278 valence electrons. The number of anilines is 1. The number of nitrogens with zero attached hydrogens (tertiary/aromatic N) is 1. The Morgan fingerprint density at radius 3 is 2.14 bits per heavy atom. The van der Waals surface area contributed by atoms with Gasteiger partial charge in [-0.05, 0) is 62.1 Å². The molecule has 2 aromatic rings. The van der Waals surface area contributed by atoms with Gasteiger partial charge in [-0.3, -0.25) is 18.5 Å². The summed E-state index contributed by atoms with van der Waals surface area (Å²) >= 11 is 6.36. The van der Waals surface area contributed by atoms with Crippen LogP contribution in [0.4, 0.5) is 11.4 Å². The number of carboxylic acids is 1. The number of benzene rings is 2. The third kappa shape index (κ3) is 9.54. The van der Waals surface area contributed by atoms with Gasteiger partial charge in [0.1, 0.15) is 6.54 Å². The van der Waals surface area contributed by atoms with E-state index in [0.717, 1.165) is 5.71 Å². The van der Waals surface area contributed by atoms with Crippen LogP contribution in [-0.4, -0.2) is 72.6 Å². The fourth-order valence-corrected chi connectivity index (χ4v) is 8.52. The maximum absolute atomic E-state index is 12.1. The first kappa shape index (κ1) is 40.4. The molecule has 0 bridgehead atoms. The molecule has 0 radical (unpaired) electrons. The summed E-state index contributed by atoms with van der Waals surface area (Å²) in [4.78, 5) is 10.5. The van der Waals surface area contributed by atoms with Crippen molar-refractivity contribution in [3.63, 3.8) is 0 Å². The Labute approximate surface area is 303 Å². The number of carboxylic acid groups (broad SMARTS) is 1. The molecule has 2 aliphatic heterocycles. The summed E-state index contributed by atoms with van der Waals surface area (Å²) in [6.07, 6.45) is 11.7. The van der Waals surface area contributed by atoms with E-state index in [0.29, 0.717) is 66.8 Å². The average molecular weight is 786 g/mol. The molecule has 0 fully saturated rings. The zero-order chi connectivity index (χ0) is 38.0. The Bertz CT molecular complexity index is 2170. The largest absolute Gasteiger partial charge is 0.481 e. The minimum Gasteiger partial charge on any atom is -0.481 e. The second-order valence-electron chi connectivity index (χ2n) is 13.3. The summed E-state index contributed by atoms with van der Waals surface area (Å²) in [7, 11) is -13.2. The number of rotatable bonds is 16. The van der Waals surface area contributed by atoms with Crippen molar-refractivity contribution in [2.45, 2.75) is 86.3 Å². The predicted molar refractivity (Wildman–Crippen MR) is 194 cm³/mol. The van der Waals surface area contributed by atoms with Crippen molar-refractivity contribution >= 4 is 65.0 Å². The number of halogens is 1. The van der Waals surface area contributed by atoms with Crippen LogP contribution in [0.15, 0.2) is 76.2 Å². The molecule has 2 heterocycles. The Kier molecular flexibility index (Phi) is 12.1. The van der Waals surface area contributed by atoms with Gasteiger partial charge in [-0.15, -0.1) is 0 Å². The Balaban J connectivity index is 1.70. The van der Waals surface area contributed by atoms with E-state index in [4.69, 9.17) is 16.7 Å². The summed E-state index contributed by atoms with van der Waals surface area (Å²) in [6, 6.07) is 6.87. The van der Waals surface area contributed by atoms with Crippen LogP contribution in [0.1, 0.15) is 76.8 Å². The number of allylic oxidation sites excluding steroid dienone is 6. The quantitative estimate of drug-likeness (QED) is 0.0549. The lowest BCUT2D eigenvalue weighted by Crippen LogP contribution is -2.31. The molecule has 0 saturated heterocycles. The first-order valence-corrected chi connectivity index (χ1v) is 21.0. The van der Waals surface area contributed by atoms with Crippen molar-refractivity contribution in [1.82, 2.24) is 0 Å². The molecule has 0 spiro atoms. The van der Waals surface area contributed by atoms with Gasteiger partial charge in [0.15, 0.2) is 5.71 Å². The number of aliphatic carboxylic acids is 1. The molecule has 0 amide bonds. The van der Waals surface area contributed by atoms with Crippen LogP contribution >= 0.6 is 11.6 Å². The SMILES string of the molecule is CC1(CCCCCC(=O)O)C(/C=C/C=C/C=C2/Nc3c(Cl)cc(S(=O)(=O)O)cc3C2(C)C)=[N+](CCCCS(=O)(=O)O)c2ccc(S(=O)(=O)O)cc21. The normalized spacial score (nSPS) is 19.6. The van der Waals surface area contributed by atoms with Crippen LogP contribution < -0.4 is 5.32 Å². The number of hydrogen-bond acceptors (Lipinski definition) is 8. The smallest absolute Gasteiger partial charge is 0.303 e. The lowest BCUT2D eigenvalue weighted by Gasteiger charge is -2.23. The number of fused-ring (bicyclic) bond motifs is 2. The summed E-state index contributed by atoms with van der Waals surface area (Å²) in [5.74, 6) is -1.32. The second kappa shape index (κ2) is 15.3. The van der Waals surface area contributed by atoms with Gasteiger partial charge in [-0.1, -0.05) is 56.5 Å². The van der Waals surface area contributed by atoms with E-state index in [-0.39, 0.29) is 27.7 Å². The highest BCUT2D eigenvalue weighted by molar-refractivity contribution is 7.86. The van der Waals surface area contributed by atoms with E-state index in [1.807, 2.05) is 31.4 Å². The zero-order valence-corrected chi connectivity index (χ0v) is 31.5. The van der Waals surface area contributed by atoms with Crippen LogP contribution in [0.25, 0.3) is 0 Å². The molecular weight excluding hydrogens is 744 g/mol. The minimum absolute atomic E-state index is 0.0154. The van der Waals surface area contributed by atoms with Crippen LogP contribution in [0, 0.1) is 0 Å². The second-order valence-corrected chi connectivity index (χ2v) is 18.2. The van der Waals surface area contributed by atoms with Gasteiger partial charge in [0, 0.05) is 41.7 Å². The molecular formula is C34H42ClN2O11S3+. The van der Waals surface area contributed by atoms with Crippen LogP contribution in [0.5, 0.6) is 0 Å². The zero-order valence-electron chi connectivity index (χ0n) is 28.3. The average Bonchev–Trinajstić information content (AvgIpc) is 3.40. The molecule has 4 rings (SSSR count). The van der Waals surface area contributed by atoms with Crippen LogP contribution in [0.3, 0.4) is 0 Å². The van der Waals surface area contributed by atoms with E-state index in [1.165, 1.54) is 24.3 Å². The summed E-state index contributed by atoms with van der Waals surface area (Å²) in [6.45, 7) is 6.02. The molecule has 51 heavy (non-hydrogen) atoms. The fourth-order valence-electron chi connectivity index (χ4n) is 6.58. The molecule has 2 aromatic carbocycles. The summed E-state index contributed by atoms with van der Waals surface area (Å²) in [5.41, 5.74) is 2.41. The molecule has 1 atom stereocenters. The van der Waals surface area contributed by atoms with E-state index >= 15 is 0 Å². The maximum atomic E-state index is 12.1. The van der Waals surface area contributed by atoms with Gasteiger partial charge in [0.25, 0.3) is 30.4 Å². The van der Waals surface area contributed by atoms with Gasteiger partial charge >= 0.3 is 5.97 Å². The Hall–Kier alpha value is -3.38. The number of nitrogens with one attached hydrogen (secondary N) is 1. The minimum atomic E-state index is -4.54. The third-order valence-corrected chi connectivity index (χ3v) is 12.1. The van der Waals surface area contributed by atoms with Crippen molar-refractivity contribution in [3.05, 3.63) is 82.6 Å². The highest BCUT2D eigenvalue weighted by atomic mass is 35.5. The van der Waals surface area contributed by atoms with Gasteiger partial charge in [-0.25, -0.2) is 0 Å². The van der Waals surface area contributed by atoms with Crippen molar-refractivity contribution in [1.29, 1.82) is 0 Å². The third-order valence-electron chi connectivity index (χ3n) is 9.32. The lowest BCUT2D eigenvalue weighted by molar-refractivity contribution is -0.438. The standard InChI is InChI=1S/C34H41ClN2O11S3/c1-33(2)26-21-24(51(46,47)48)22-27(35)32(26)36-29(33)12-6-4-7-13-30-34(3,17-9-5-8-14-31(38)39)25-20-23(50(43,44)45)15-16-28(25)37(30)18-10-11-19-49(40,41)42/h4,6-7,12-13,15-16,20-22H,5,8-11,14,17-19H2,1-3H3,(H4,38,39,40,41,42,43,44,45,46,47,48)/p+1. The molecule has 5 N–H and O–H groups in total. The van der Waals surface area contributed by atoms with Crippen LogP contribution in [0.2, 0.25) is 5.02 Å². The van der Waals surface area contributed by atoms with Gasteiger partial charge in [-0.2, -0.15) is 29.8 Å². The Morgan fingerprint density at radius 1 is 0.843 bits per heavy atom. The van der Waals surface area contributed by atoms with Gasteiger partial charge < -0.3 is 10.4 Å². The molecule has 13 nitrogen and oxygen atoms in total. The van der Waals surface area contributed by atoms with Crippen molar-refractivity contribution in [2.24, 2.45) is 0 Å². The number of carbonyl (C=O) groups is 1. The van der Waals surface area contributed by atoms with Gasteiger partial charge in [0.05, 0.1) is 31.7 Å². The first-order chi connectivity index (χ1) is 23.6. The monoisotopic (exact) mass is 785 g/mol.